The molecule has 1 aliphatic carbocycles. The third-order valence-electron chi connectivity index (χ3n) is 5.23. The van der Waals surface area contributed by atoms with E-state index in [-0.39, 0.29) is 0 Å². The van der Waals surface area contributed by atoms with Crippen LogP contribution in [0.4, 0.5) is 23.1 Å². The van der Waals surface area contributed by atoms with E-state index in [0.29, 0.717) is 17.2 Å². The van der Waals surface area contributed by atoms with Crippen molar-refractivity contribution in [2.75, 3.05) is 42.3 Å². The van der Waals surface area contributed by atoms with E-state index in [1.54, 1.807) is 6.33 Å². The lowest BCUT2D eigenvalue weighted by atomic mass is 9.78. The Kier molecular flexibility index (Phi) is 3.18. The number of allylic oxidation sites excluding steroid dienone is 2. The second-order valence-corrected chi connectivity index (χ2v) is 7.20. The first-order chi connectivity index (χ1) is 12.2. The monoisotopic (exact) mass is 336 g/mol. The van der Waals surface area contributed by atoms with Crippen molar-refractivity contribution in [1.29, 1.82) is 0 Å². The predicted octanol–water partition coefficient (Wildman–Crippen LogP) is 2.08. The van der Waals surface area contributed by atoms with Gasteiger partial charge in [-0.15, -0.1) is 0 Å². The van der Waals surface area contributed by atoms with Gasteiger partial charge < -0.3 is 20.7 Å². The van der Waals surface area contributed by atoms with Gasteiger partial charge in [-0.1, -0.05) is 12.2 Å². The second kappa shape index (κ2) is 5.42. The van der Waals surface area contributed by atoms with Crippen LogP contribution in [0.15, 0.2) is 36.8 Å². The Bertz CT molecular complexity index is 839. The topological polar surface area (TPSA) is 89.2 Å². The average Bonchev–Trinajstić information content (AvgIpc) is 2.46. The van der Waals surface area contributed by atoms with Gasteiger partial charge in [-0.25, -0.2) is 15.0 Å². The summed E-state index contributed by atoms with van der Waals surface area (Å²) in [4.78, 5) is 15.4. The highest BCUT2D eigenvalue weighted by molar-refractivity contribution is 5.63. The summed E-state index contributed by atoms with van der Waals surface area (Å²) in [7, 11) is 0. The number of anilines is 4. The SMILES string of the molecule is Nc1cc(Nc2cc(N3CC4(COC4)C3)ncn2)ncc1C1C=CC1. The van der Waals surface area contributed by atoms with Crippen LogP contribution in [0.5, 0.6) is 0 Å². The normalized spacial score (nSPS) is 22.9. The van der Waals surface area contributed by atoms with Gasteiger partial charge in [0.15, 0.2) is 0 Å². The molecular formula is C18H20N6O. The Labute approximate surface area is 145 Å². The van der Waals surface area contributed by atoms with Crippen LogP contribution >= 0.6 is 0 Å². The summed E-state index contributed by atoms with van der Waals surface area (Å²) in [5, 5.41) is 3.23. The summed E-state index contributed by atoms with van der Waals surface area (Å²) < 4.78 is 5.32. The fraction of sp³-hybridized carbons (Fsp3) is 0.389. The zero-order chi connectivity index (χ0) is 16.9. The van der Waals surface area contributed by atoms with Gasteiger partial charge in [0.1, 0.15) is 23.8 Å². The minimum atomic E-state index is 0.361. The van der Waals surface area contributed by atoms with E-state index in [4.69, 9.17) is 10.5 Å². The Morgan fingerprint density at radius 1 is 1.16 bits per heavy atom. The molecule has 2 aromatic rings. The molecule has 0 radical (unpaired) electrons. The molecule has 7 heteroatoms. The minimum absolute atomic E-state index is 0.361. The molecule has 3 N–H and O–H groups in total. The molecule has 0 amide bonds. The third kappa shape index (κ3) is 2.51. The van der Waals surface area contributed by atoms with E-state index in [1.165, 1.54) is 0 Å². The molecule has 1 unspecified atom stereocenters. The number of rotatable bonds is 4. The van der Waals surface area contributed by atoms with Gasteiger partial charge in [0, 0.05) is 48.6 Å². The Hall–Kier alpha value is -2.67. The quantitative estimate of drug-likeness (QED) is 0.826. The predicted molar refractivity (Wildman–Crippen MR) is 95.9 cm³/mol. The highest BCUT2D eigenvalue weighted by Gasteiger charge is 2.49. The molecule has 3 aliphatic rings. The molecule has 2 fully saturated rings. The van der Waals surface area contributed by atoms with Gasteiger partial charge in [-0.05, 0) is 6.42 Å². The number of nitrogens with two attached hydrogens (primary N) is 1. The smallest absolute Gasteiger partial charge is 0.137 e. The van der Waals surface area contributed by atoms with Crippen molar-refractivity contribution in [1.82, 2.24) is 15.0 Å². The maximum absolute atomic E-state index is 6.18. The van der Waals surface area contributed by atoms with E-state index < -0.39 is 0 Å². The van der Waals surface area contributed by atoms with Crippen molar-refractivity contribution in [2.45, 2.75) is 12.3 Å². The molecule has 2 aliphatic heterocycles. The van der Waals surface area contributed by atoms with E-state index in [9.17, 15) is 0 Å². The number of aromatic nitrogens is 3. The van der Waals surface area contributed by atoms with Crippen molar-refractivity contribution in [3.63, 3.8) is 0 Å². The van der Waals surface area contributed by atoms with E-state index in [1.807, 2.05) is 18.3 Å². The molecule has 1 spiro atoms. The number of nitrogens with zero attached hydrogens (tertiary/aromatic N) is 4. The molecule has 0 aromatic carbocycles. The van der Waals surface area contributed by atoms with Crippen molar-refractivity contribution in [3.05, 3.63) is 42.4 Å². The van der Waals surface area contributed by atoms with Gasteiger partial charge >= 0.3 is 0 Å². The van der Waals surface area contributed by atoms with Crippen molar-refractivity contribution >= 4 is 23.1 Å². The van der Waals surface area contributed by atoms with Gasteiger partial charge in [0.25, 0.3) is 0 Å². The summed E-state index contributed by atoms with van der Waals surface area (Å²) in [6.07, 6.45) is 8.77. The van der Waals surface area contributed by atoms with Crippen LogP contribution < -0.4 is 16.0 Å². The lowest BCUT2D eigenvalue weighted by Gasteiger charge is -2.55. The minimum Gasteiger partial charge on any atom is -0.398 e. The summed E-state index contributed by atoms with van der Waals surface area (Å²) in [6, 6.07) is 3.82. The van der Waals surface area contributed by atoms with Crippen LogP contribution in [0.1, 0.15) is 17.9 Å². The van der Waals surface area contributed by atoms with Crippen molar-refractivity contribution in [3.8, 4) is 0 Å². The van der Waals surface area contributed by atoms with Crippen LogP contribution in [-0.2, 0) is 4.74 Å². The molecular weight excluding hydrogens is 316 g/mol. The van der Waals surface area contributed by atoms with Crippen LogP contribution in [0, 0.1) is 5.41 Å². The molecule has 4 heterocycles. The van der Waals surface area contributed by atoms with E-state index in [0.717, 1.165) is 55.6 Å². The van der Waals surface area contributed by atoms with Gasteiger partial charge in [-0.2, -0.15) is 0 Å². The second-order valence-electron chi connectivity index (χ2n) is 7.20. The largest absolute Gasteiger partial charge is 0.398 e. The van der Waals surface area contributed by atoms with Crippen LogP contribution in [0.3, 0.4) is 0 Å². The molecule has 25 heavy (non-hydrogen) atoms. The lowest BCUT2D eigenvalue weighted by Crippen LogP contribution is -2.66. The maximum atomic E-state index is 6.18. The zero-order valence-electron chi connectivity index (χ0n) is 13.9. The number of hydrogen-bond acceptors (Lipinski definition) is 7. The van der Waals surface area contributed by atoms with E-state index in [2.05, 4.69) is 37.3 Å². The molecule has 1 atom stereocenters. The fourth-order valence-corrected chi connectivity index (χ4v) is 3.58. The molecule has 7 nitrogen and oxygen atoms in total. The van der Waals surface area contributed by atoms with Crippen LogP contribution in [-0.4, -0.2) is 41.3 Å². The number of ether oxygens (including phenoxy) is 1. The summed E-state index contributed by atoms with van der Waals surface area (Å²) >= 11 is 0. The standard InChI is InChI=1S/C18H20N6O/c19-14-4-15(20-6-13(14)12-2-1-3-12)23-16-5-17(22-11-21-16)24-7-18(8-24)9-25-10-18/h1-2,4-6,11-12H,3,7-10H2,(H3,19,20,21,22,23). The first-order valence-electron chi connectivity index (χ1n) is 8.55. The molecule has 128 valence electrons. The highest BCUT2D eigenvalue weighted by Crippen LogP contribution is 2.40. The van der Waals surface area contributed by atoms with Gasteiger partial charge in [-0.3, -0.25) is 0 Å². The van der Waals surface area contributed by atoms with Gasteiger partial charge in [0.05, 0.1) is 18.6 Å². The molecule has 2 saturated heterocycles. The van der Waals surface area contributed by atoms with Crippen LogP contribution in [0.25, 0.3) is 0 Å². The van der Waals surface area contributed by atoms with Gasteiger partial charge in [0.2, 0.25) is 0 Å². The number of nitrogens with one attached hydrogen (secondary N) is 1. The zero-order valence-corrected chi connectivity index (χ0v) is 13.9. The number of hydrogen-bond donors (Lipinski definition) is 2. The molecule has 2 aromatic heterocycles. The number of nitrogen functional groups attached to an aromatic ring is 1. The van der Waals surface area contributed by atoms with Crippen LogP contribution in [0.2, 0.25) is 0 Å². The Morgan fingerprint density at radius 3 is 2.60 bits per heavy atom. The average molecular weight is 336 g/mol. The fourth-order valence-electron chi connectivity index (χ4n) is 3.58. The first-order valence-corrected chi connectivity index (χ1v) is 8.55. The van der Waals surface area contributed by atoms with Crippen molar-refractivity contribution in [2.24, 2.45) is 5.41 Å². The maximum Gasteiger partial charge on any atom is 0.137 e. The summed E-state index contributed by atoms with van der Waals surface area (Å²) in [6.45, 7) is 3.73. The number of pyridine rings is 1. The molecule has 0 bridgehead atoms. The summed E-state index contributed by atoms with van der Waals surface area (Å²) in [5.74, 6) is 2.75. The Morgan fingerprint density at radius 2 is 1.96 bits per heavy atom. The highest BCUT2D eigenvalue weighted by atomic mass is 16.5. The van der Waals surface area contributed by atoms with Crippen molar-refractivity contribution < 1.29 is 4.74 Å². The summed E-state index contributed by atoms with van der Waals surface area (Å²) in [5.41, 5.74) is 8.39. The third-order valence-corrected chi connectivity index (χ3v) is 5.23. The molecule has 5 rings (SSSR count). The molecule has 0 saturated carbocycles. The van der Waals surface area contributed by atoms with E-state index >= 15 is 0 Å². The Balaban J connectivity index is 1.30. The lowest BCUT2D eigenvalue weighted by molar-refractivity contribution is -0.127. The first kappa shape index (κ1) is 14.7.